The topological polar surface area (TPSA) is 25.8 Å². The molecular weight excluding hydrogens is 544 g/mol. The fourth-order valence-electron chi connectivity index (χ4n) is 5.96. The number of aromatic nitrogens is 2. The smallest absolute Gasteiger partial charge is 0.144 e. The fraction of sp³-hybridized carbons (Fsp3) is 0.116. The number of hydrogen-bond donors (Lipinski definition) is 0. The Balaban J connectivity index is 1.14. The van der Waals surface area contributed by atoms with Crippen LogP contribution in [-0.2, 0) is 5.41 Å². The number of rotatable bonds is 7. The second kappa shape index (κ2) is 12.2. The molecule has 1 aliphatic carbocycles. The van der Waals surface area contributed by atoms with E-state index in [2.05, 4.69) is 153 Å². The van der Waals surface area contributed by atoms with Crippen LogP contribution in [0.15, 0.2) is 152 Å². The zero-order valence-corrected chi connectivity index (χ0v) is 25.6. The maximum atomic E-state index is 5.02. The Labute approximate surface area is 266 Å². The third kappa shape index (κ3) is 5.99. The molecule has 0 bridgehead atoms. The molecule has 1 atom stereocenters. The lowest BCUT2D eigenvalue weighted by Gasteiger charge is -2.26. The van der Waals surface area contributed by atoms with Crippen LogP contribution in [0.4, 0.5) is 0 Å². The minimum Gasteiger partial charge on any atom is -0.232 e. The summed E-state index contributed by atoms with van der Waals surface area (Å²) in [5.41, 5.74) is 11.3. The third-order valence-corrected chi connectivity index (χ3v) is 8.79. The van der Waals surface area contributed by atoms with Crippen LogP contribution in [0.1, 0.15) is 43.1 Å². The highest BCUT2D eigenvalue weighted by Crippen LogP contribution is 2.35. The molecular formula is C43H34N2. The monoisotopic (exact) mass is 578 g/mol. The van der Waals surface area contributed by atoms with Gasteiger partial charge in [-0.15, -0.1) is 0 Å². The van der Waals surface area contributed by atoms with E-state index in [4.69, 9.17) is 9.97 Å². The summed E-state index contributed by atoms with van der Waals surface area (Å²) >= 11 is 0. The minimum atomic E-state index is -0.162. The summed E-state index contributed by atoms with van der Waals surface area (Å²) in [6.45, 7) is 4.58. The zero-order chi connectivity index (χ0) is 30.6. The van der Waals surface area contributed by atoms with E-state index in [0.29, 0.717) is 0 Å². The van der Waals surface area contributed by atoms with Gasteiger partial charge in [-0.3, -0.25) is 0 Å². The maximum absolute atomic E-state index is 5.02. The summed E-state index contributed by atoms with van der Waals surface area (Å²) in [6.07, 6.45) is 4.84. The fourth-order valence-corrected chi connectivity index (χ4v) is 5.96. The van der Waals surface area contributed by atoms with Crippen LogP contribution < -0.4 is 0 Å². The quantitative estimate of drug-likeness (QED) is 0.176. The first kappa shape index (κ1) is 28.3. The van der Waals surface area contributed by atoms with Crippen molar-refractivity contribution in [3.8, 4) is 56.6 Å². The SMILES string of the molecule is CC(C)(c1ccc(-c2ccc(-c3ccccc3)cc2)cc1)c1ccc(-c2cc(-c3ccccc3)nc(C3C#CC=CC3)n2)cc1. The molecule has 0 aliphatic heterocycles. The second-order valence-corrected chi connectivity index (χ2v) is 12.1. The molecule has 7 rings (SSSR count). The molecule has 1 aromatic heterocycles. The van der Waals surface area contributed by atoms with Crippen molar-refractivity contribution in [2.24, 2.45) is 0 Å². The number of nitrogens with zero attached hydrogens (tertiary/aromatic N) is 2. The summed E-state index contributed by atoms with van der Waals surface area (Å²) in [5, 5.41) is 0. The van der Waals surface area contributed by atoms with Crippen molar-refractivity contribution in [1.29, 1.82) is 0 Å². The van der Waals surface area contributed by atoms with E-state index >= 15 is 0 Å². The summed E-state index contributed by atoms with van der Waals surface area (Å²) in [6, 6.07) is 49.6. The lowest BCUT2D eigenvalue weighted by atomic mass is 9.77. The largest absolute Gasteiger partial charge is 0.232 e. The predicted molar refractivity (Wildman–Crippen MR) is 187 cm³/mol. The minimum absolute atomic E-state index is 0.000361. The molecule has 0 saturated carbocycles. The molecule has 5 aromatic carbocycles. The highest BCUT2D eigenvalue weighted by atomic mass is 14.9. The number of hydrogen-bond acceptors (Lipinski definition) is 2. The van der Waals surface area contributed by atoms with Crippen molar-refractivity contribution in [3.63, 3.8) is 0 Å². The molecule has 0 spiro atoms. The zero-order valence-electron chi connectivity index (χ0n) is 25.6. The van der Waals surface area contributed by atoms with Gasteiger partial charge in [0.1, 0.15) is 5.82 Å². The van der Waals surface area contributed by atoms with Crippen LogP contribution >= 0.6 is 0 Å². The summed E-state index contributed by atoms with van der Waals surface area (Å²) < 4.78 is 0. The van der Waals surface area contributed by atoms with Crippen molar-refractivity contribution in [2.75, 3.05) is 0 Å². The Bertz CT molecular complexity index is 2010. The van der Waals surface area contributed by atoms with Gasteiger partial charge < -0.3 is 0 Å². The van der Waals surface area contributed by atoms with Crippen molar-refractivity contribution >= 4 is 0 Å². The molecule has 0 saturated heterocycles. The molecule has 0 N–H and O–H groups in total. The van der Waals surface area contributed by atoms with Crippen LogP contribution in [0, 0.1) is 11.8 Å². The first-order valence-corrected chi connectivity index (χ1v) is 15.5. The molecule has 45 heavy (non-hydrogen) atoms. The summed E-state index contributed by atoms with van der Waals surface area (Å²) in [5.74, 6) is 7.18. The van der Waals surface area contributed by atoms with E-state index in [1.807, 2.05) is 24.3 Å². The summed E-state index contributed by atoms with van der Waals surface area (Å²) in [4.78, 5) is 9.97. The van der Waals surface area contributed by atoms with Crippen molar-refractivity contribution in [2.45, 2.75) is 31.6 Å². The Morgan fingerprint density at radius 2 is 0.956 bits per heavy atom. The molecule has 1 heterocycles. The number of allylic oxidation sites excluding steroid dienone is 2. The maximum Gasteiger partial charge on any atom is 0.144 e. The first-order chi connectivity index (χ1) is 22.0. The van der Waals surface area contributed by atoms with E-state index in [9.17, 15) is 0 Å². The van der Waals surface area contributed by atoms with Gasteiger partial charge in [0.05, 0.1) is 17.3 Å². The highest BCUT2D eigenvalue weighted by molar-refractivity contribution is 5.71. The van der Waals surface area contributed by atoms with Gasteiger partial charge in [-0.05, 0) is 51.9 Å². The van der Waals surface area contributed by atoms with E-state index in [1.54, 1.807) is 0 Å². The lowest BCUT2D eigenvalue weighted by Crippen LogP contribution is -2.18. The van der Waals surface area contributed by atoms with Crippen LogP contribution in [0.5, 0.6) is 0 Å². The van der Waals surface area contributed by atoms with Gasteiger partial charge in [0.25, 0.3) is 0 Å². The van der Waals surface area contributed by atoms with E-state index in [-0.39, 0.29) is 11.3 Å². The first-order valence-electron chi connectivity index (χ1n) is 15.5. The van der Waals surface area contributed by atoms with Crippen molar-refractivity contribution in [1.82, 2.24) is 9.97 Å². The lowest BCUT2D eigenvalue weighted by molar-refractivity contribution is 0.641. The second-order valence-electron chi connectivity index (χ2n) is 12.1. The average molecular weight is 579 g/mol. The molecule has 0 amide bonds. The molecule has 0 radical (unpaired) electrons. The van der Waals surface area contributed by atoms with E-state index in [1.165, 1.54) is 33.4 Å². The van der Waals surface area contributed by atoms with Crippen LogP contribution in [0.3, 0.4) is 0 Å². The normalized spacial score (nSPS) is 14.0. The van der Waals surface area contributed by atoms with Gasteiger partial charge in [-0.2, -0.15) is 0 Å². The molecule has 1 unspecified atom stereocenters. The average Bonchev–Trinajstić information content (AvgIpc) is 3.13. The van der Waals surface area contributed by atoms with E-state index in [0.717, 1.165) is 34.8 Å². The van der Waals surface area contributed by atoms with Crippen molar-refractivity contribution in [3.05, 3.63) is 169 Å². The molecule has 216 valence electrons. The van der Waals surface area contributed by atoms with Gasteiger partial charge in [-0.25, -0.2) is 9.97 Å². The van der Waals surface area contributed by atoms with Gasteiger partial charge >= 0.3 is 0 Å². The Hall–Kier alpha value is -5.52. The molecule has 2 heteroatoms. The van der Waals surface area contributed by atoms with Gasteiger partial charge in [-0.1, -0.05) is 165 Å². The molecule has 2 nitrogen and oxygen atoms in total. The molecule has 6 aromatic rings. The van der Waals surface area contributed by atoms with Gasteiger partial charge in [0.15, 0.2) is 0 Å². The van der Waals surface area contributed by atoms with Gasteiger partial charge in [0.2, 0.25) is 0 Å². The number of benzene rings is 5. The van der Waals surface area contributed by atoms with Crippen LogP contribution in [-0.4, -0.2) is 9.97 Å². The highest BCUT2D eigenvalue weighted by Gasteiger charge is 2.23. The van der Waals surface area contributed by atoms with Crippen molar-refractivity contribution < 1.29 is 0 Å². The van der Waals surface area contributed by atoms with E-state index < -0.39 is 0 Å². The Morgan fingerprint density at radius 3 is 1.44 bits per heavy atom. The third-order valence-electron chi connectivity index (χ3n) is 8.79. The van der Waals surface area contributed by atoms with Crippen LogP contribution in [0.25, 0.3) is 44.8 Å². The van der Waals surface area contributed by atoms with Crippen LogP contribution in [0.2, 0.25) is 0 Å². The molecule has 1 aliphatic rings. The molecule has 0 fully saturated rings. The Morgan fingerprint density at radius 1 is 0.533 bits per heavy atom. The summed E-state index contributed by atoms with van der Waals surface area (Å²) in [7, 11) is 0. The predicted octanol–water partition coefficient (Wildman–Crippen LogP) is 10.5. The Kier molecular flexibility index (Phi) is 7.68. The van der Waals surface area contributed by atoms with Gasteiger partial charge in [0, 0.05) is 16.5 Å². The standard InChI is InChI=1S/C43H34N2/c1-43(2,38-26-22-34(23-27-38)33-20-18-32(19-21-33)31-12-6-3-7-13-31)39-28-24-36(25-29-39)41-30-40(35-14-8-4-9-15-35)44-42(45-41)37-16-10-5-11-17-37/h3-10,12-15,18-30,37H,16H2,1-2H3.